The van der Waals surface area contributed by atoms with Crippen molar-refractivity contribution in [1.29, 1.82) is 0 Å². The summed E-state index contributed by atoms with van der Waals surface area (Å²) in [5, 5.41) is 1.97. The molecule has 0 spiro atoms. The highest BCUT2D eigenvalue weighted by atomic mass is 32.2. The van der Waals surface area contributed by atoms with Crippen LogP contribution in [0.4, 0.5) is 0 Å². The summed E-state index contributed by atoms with van der Waals surface area (Å²) in [6.45, 7) is 1.93. The van der Waals surface area contributed by atoms with Gasteiger partial charge in [-0.2, -0.15) is 0 Å². The number of amides is 1. The molecule has 116 valence electrons. The molecular formula is C13H18N2O3S3. The molecule has 0 bridgehead atoms. The summed E-state index contributed by atoms with van der Waals surface area (Å²) >= 11 is 2.99. The summed E-state index contributed by atoms with van der Waals surface area (Å²) in [4.78, 5) is 18.7. The van der Waals surface area contributed by atoms with Crippen LogP contribution in [-0.2, 0) is 14.6 Å². The molecule has 1 aliphatic heterocycles. The first-order valence-electron chi connectivity index (χ1n) is 7.01. The molecule has 1 atom stereocenters. The zero-order valence-electron chi connectivity index (χ0n) is 11.8. The highest BCUT2D eigenvalue weighted by molar-refractivity contribution is 8.01. The van der Waals surface area contributed by atoms with Crippen molar-refractivity contribution in [2.45, 2.75) is 42.6 Å². The molecule has 2 fully saturated rings. The highest BCUT2D eigenvalue weighted by Crippen LogP contribution is 2.33. The molecule has 1 aromatic rings. The molecule has 3 rings (SSSR count). The second-order valence-electron chi connectivity index (χ2n) is 5.63. The summed E-state index contributed by atoms with van der Waals surface area (Å²) in [5.41, 5.74) is 0.968. The van der Waals surface area contributed by atoms with E-state index in [1.54, 1.807) is 11.3 Å². The Morgan fingerprint density at radius 3 is 2.71 bits per heavy atom. The molecule has 1 saturated heterocycles. The second-order valence-corrected chi connectivity index (χ2v) is 9.94. The lowest BCUT2D eigenvalue weighted by atomic mass is 10.2. The van der Waals surface area contributed by atoms with Crippen LogP contribution in [0.5, 0.6) is 0 Å². The maximum Gasteiger partial charge on any atom is 0.233 e. The Balaban J connectivity index is 1.62. The van der Waals surface area contributed by atoms with Crippen molar-refractivity contribution in [2.75, 3.05) is 17.3 Å². The predicted octanol–water partition coefficient (Wildman–Crippen LogP) is 1.72. The molecule has 2 heterocycles. The Morgan fingerprint density at radius 2 is 2.19 bits per heavy atom. The number of hydrogen-bond acceptors (Lipinski definition) is 6. The van der Waals surface area contributed by atoms with Crippen LogP contribution in [0, 0.1) is 6.92 Å². The summed E-state index contributed by atoms with van der Waals surface area (Å²) in [7, 11) is -2.95. The van der Waals surface area contributed by atoms with Gasteiger partial charge in [-0.1, -0.05) is 11.8 Å². The Labute approximate surface area is 133 Å². The number of thiazole rings is 1. The Kier molecular flexibility index (Phi) is 4.29. The van der Waals surface area contributed by atoms with Crippen LogP contribution < -0.4 is 0 Å². The van der Waals surface area contributed by atoms with E-state index in [9.17, 15) is 13.2 Å². The lowest BCUT2D eigenvalue weighted by Crippen LogP contribution is -2.43. The average Bonchev–Trinajstić information content (AvgIpc) is 3.05. The third-order valence-corrected chi connectivity index (χ3v) is 7.62. The van der Waals surface area contributed by atoms with Gasteiger partial charge in [0.2, 0.25) is 5.91 Å². The number of aromatic nitrogens is 1. The van der Waals surface area contributed by atoms with Gasteiger partial charge in [-0.15, -0.1) is 11.3 Å². The van der Waals surface area contributed by atoms with Gasteiger partial charge in [-0.3, -0.25) is 4.79 Å². The minimum absolute atomic E-state index is 0.0532. The van der Waals surface area contributed by atoms with Gasteiger partial charge >= 0.3 is 0 Å². The summed E-state index contributed by atoms with van der Waals surface area (Å²) in [6.07, 6.45) is 2.60. The lowest BCUT2D eigenvalue weighted by Gasteiger charge is -2.28. The normalized spacial score (nSPS) is 24.1. The number of rotatable bonds is 5. The average molecular weight is 346 g/mol. The number of nitrogens with zero attached hydrogens (tertiary/aromatic N) is 2. The first kappa shape index (κ1) is 15.3. The molecule has 0 aromatic carbocycles. The van der Waals surface area contributed by atoms with Crippen LogP contribution in [0.25, 0.3) is 0 Å². The number of aryl methyl sites for hydroxylation is 1. The summed E-state index contributed by atoms with van der Waals surface area (Å²) in [5.74, 6) is 0.751. The van der Waals surface area contributed by atoms with Gasteiger partial charge in [0.1, 0.15) is 0 Å². The molecule has 5 nitrogen and oxygen atoms in total. The first-order valence-corrected chi connectivity index (χ1v) is 10.7. The number of thioether (sulfide) groups is 1. The van der Waals surface area contributed by atoms with Crippen molar-refractivity contribution in [3.63, 3.8) is 0 Å². The fraction of sp³-hybridized carbons (Fsp3) is 0.692. The minimum Gasteiger partial charge on any atom is -0.335 e. The molecule has 21 heavy (non-hydrogen) atoms. The molecule has 1 aliphatic carbocycles. The maximum atomic E-state index is 12.5. The van der Waals surface area contributed by atoms with E-state index in [4.69, 9.17) is 0 Å². The van der Waals surface area contributed by atoms with E-state index < -0.39 is 9.84 Å². The minimum atomic E-state index is -2.95. The van der Waals surface area contributed by atoms with E-state index in [0.717, 1.165) is 22.9 Å². The maximum absolute atomic E-state index is 12.5. The summed E-state index contributed by atoms with van der Waals surface area (Å²) < 4.78 is 24.2. The van der Waals surface area contributed by atoms with Gasteiger partial charge in [0, 0.05) is 23.2 Å². The quantitative estimate of drug-likeness (QED) is 0.760. The van der Waals surface area contributed by atoms with Crippen molar-refractivity contribution >= 4 is 38.8 Å². The molecule has 8 heteroatoms. The van der Waals surface area contributed by atoms with Crippen LogP contribution in [0.2, 0.25) is 0 Å². The van der Waals surface area contributed by atoms with E-state index >= 15 is 0 Å². The van der Waals surface area contributed by atoms with Crippen molar-refractivity contribution in [3.8, 4) is 0 Å². The number of sulfone groups is 1. The van der Waals surface area contributed by atoms with Gasteiger partial charge in [0.05, 0.1) is 17.3 Å². The van der Waals surface area contributed by atoms with Gasteiger partial charge in [-0.25, -0.2) is 13.4 Å². The van der Waals surface area contributed by atoms with Crippen LogP contribution in [0.1, 0.15) is 25.0 Å². The third kappa shape index (κ3) is 3.78. The van der Waals surface area contributed by atoms with Gasteiger partial charge < -0.3 is 4.90 Å². The Morgan fingerprint density at radius 1 is 1.43 bits per heavy atom. The van der Waals surface area contributed by atoms with Crippen LogP contribution in [-0.4, -0.2) is 53.6 Å². The smallest absolute Gasteiger partial charge is 0.233 e. The molecule has 0 radical (unpaired) electrons. The molecular weight excluding hydrogens is 328 g/mol. The van der Waals surface area contributed by atoms with Crippen LogP contribution in [0.15, 0.2) is 9.72 Å². The zero-order valence-corrected chi connectivity index (χ0v) is 14.3. The van der Waals surface area contributed by atoms with Gasteiger partial charge in [0.15, 0.2) is 14.2 Å². The van der Waals surface area contributed by atoms with Crippen molar-refractivity contribution in [1.82, 2.24) is 9.88 Å². The number of carbonyl (C=O) groups excluding carboxylic acids is 1. The topological polar surface area (TPSA) is 67.3 Å². The molecule has 0 unspecified atom stereocenters. The fourth-order valence-corrected chi connectivity index (χ4v) is 6.08. The van der Waals surface area contributed by atoms with Gasteiger partial charge in [-0.05, 0) is 26.2 Å². The standard InChI is InChI=1S/C13H18N2O3S3/c1-9-6-19-13(14-9)20-7-12(16)15(10-2-3-10)11-4-5-21(17,18)8-11/h6,10-11H,2-5,7-8H2,1H3/t11-/m0/s1. The SMILES string of the molecule is Cc1csc(SCC(=O)N(C2CC2)[C@H]2CCS(=O)(=O)C2)n1. The summed E-state index contributed by atoms with van der Waals surface area (Å²) in [6, 6.07) is 0.142. The van der Waals surface area contributed by atoms with E-state index in [-0.39, 0.29) is 29.5 Å². The fourth-order valence-electron chi connectivity index (χ4n) is 2.65. The van der Waals surface area contributed by atoms with Crippen LogP contribution >= 0.6 is 23.1 Å². The highest BCUT2D eigenvalue weighted by Gasteiger charge is 2.41. The van der Waals surface area contributed by atoms with E-state index in [0.29, 0.717) is 12.2 Å². The largest absolute Gasteiger partial charge is 0.335 e. The third-order valence-electron chi connectivity index (χ3n) is 3.75. The molecule has 1 saturated carbocycles. The Bertz CT molecular complexity index is 637. The van der Waals surface area contributed by atoms with E-state index in [2.05, 4.69) is 4.98 Å². The van der Waals surface area contributed by atoms with Gasteiger partial charge in [0.25, 0.3) is 0 Å². The number of carbonyl (C=O) groups is 1. The molecule has 1 amide bonds. The van der Waals surface area contributed by atoms with Crippen molar-refractivity contribution in [2.24, 2.45) is 0 Å². The molecule has 1 aromatic heterocycles. The molecule has 2 aliphatic rings. The van der Waals surface area contributed by atoms with E-state index in [1.165, 1.54) is 11.8 Å². The molecule has 0 N–H and O–H groups in total. The van der Waals surface area contributed by atoms with E-state index in [1.807, 2.05) is 17.2 Å². The van der Waals surface area contributed by atoms with Crippen molar-refractivity contribution < 1.29 is 13.2 Å². The predicted molar refractivity (Wildman–Crippen MR) is 84.5 cm³/mol. The first-order chi connectivity index (χ1) is 9.94. The lowest BCUT2D eigenvalue weighted by molar-refractivity contribution is -0.130. The monoisotopic (exact) mass is 346 g/mol. The Hall–Kier alpha value is -0.600. The number of hydrogen-bond donors (Lipinski definition) is 0. The van der Waals surface area contributed by atoms with Crippen molar-refractivity contribution in [3.05, 3.63) is 11.1 Å². The second kappa shape index (κ2) is 5.89. The zero-order chi connectivity index (χ0) is 15.0. The van der Waals surface area contributed by atoms with Crippen LogP contribution in [0.3, 0.4) is 0 Å².